The molecule has 0 N–H and O–H groups in total. The second-order valence-corrected chi connectivity index (χ2v) is 9.94. The normalized spacial score (nSPS) is 11.8. The van der Waals surface area contributed by atoms with Gasteiger partial charge >= 0.3 is 5.97 Å². The van der Waals surface area contributed by atoms with Crippen LogP contribution in [0.2, 0.25) is 0 Å². The fraction of sp³-hybridized carbons (Fsp3) is 0.464. The fourth-order valence-corrected chi connectivity index (χ4v) is 4.39. The smallest absolute Gasteiger partial charge is 0.384 e. The van der Waals surface area contributed by atoms with E-state index in [4.69, 9.17) is 9.95 Å². The number of rotatable bonds is 7. The molecule has 3 rings (SSSR count). The Balaban J connectivity index is 2.42. The topological polar surface area (TPSA) is 48.0 Å². The SMILES string of the molecule is COC(=O)c1cn(-c2c(C(C)C)cccc2C(C)C)n[n+]1-c1c(C(C)C)cccc1C(C)C. The molecule has 0 aliphatic heterocycles. The number of aromatic nitrogens is 3. The number of nitrogens with zero attached hydrogens (tertiary/aromatic N) is 3. The van der Waals surface area contributed by atoms with Crippen molar-refractivity contribution in [2.75, 3.05) is 7.11 Å². The average Bonchev–Trinajstić information content (AvgIpc) is 3.21. The summed E-state index contributed by atoms with van der Waals surface area (Å²) in [5.74, 6) is 0.772. The number of benzene rings is 2. The summed E-state index contributed by atoms with van der Waals surface area (Å²) in [5.41, 5.74) is 7.14. The summed E-state index contributed by atoms with van der Waals surface area (Å²) in [6.45, 7) is 17.4. The molecule has 0 unspecified atom stereocenters. The molecule has 0 amide bonds. The standard InChI is InChI=1S/C28H38N3O2/c1-17(2)21-12-10-13-22(18(3)4)26(21)30-16-25(28(32)33-9)31(29-30)27-23(19(5)6)14-11-15-24(27)20(7)8/h10-20H,1-9H3/q+1. The summed E-state index contributed by atoms with van der Waals surface area (Å²) in [6.07, 6.45) is 1.82. The Labute approximate surface area is 198 Å². The van der Waals surface area contributed by atoms with Crippen molar-refractivity contribution in [1.82, 2.24) is 9.90 Å². The molecule has 0 spiro atoms. The predicted octanol–water partition coefficient (Wildman–Crippen LogP) is 6.43. The van der Waals surface area contributed by atoms with Crippen LogP contribution in [0.25, 0.3) is 11.4 Å². The van der Waals surface area contributed by atoms with Crippen molar-refractivity contribution < 1.29 is 14.2 Å². The minimum Gasteiger partial charge on any atom is -0.463 e. The van der Waals surface area contributed by atoms with Gasteiger partial charge in [-0.3, -0.25) is 0 Å². The number of carbonyl (C=O) groups is 1. The van der Waals surface area contributed by atoms with Crippen molar-refractivity contribution >= 4 is 5.97 Å². The van der Waals surface area contributed by atoms with E-state index in [-0.39, 0.29) is 11.8 Å². The summed E-state index contributed by atoms with van der Waals surface area (Å²) in [4.78, 5) is 13.0. The van der Waals surface area contributed by atoms with E-state index in [1.165, 1.54) is 18.2 Å². The van der Waals surface area contributed by atoms with Crippen molar-refractivity contribution in [2.45, 2.75) is 79.1 Å². The minimum absolute atomic E-state index is 0.274. The van der Waals surface area contributed by atoms with E-state index in [1.54, 1.807) is 4.68 Å². The van der Waals surface area contributed by atoms with Crippen molar-refractivity contribution in [3.05, 3.63) is 70.5 Å². The molecule has 0 aliphatic carbocycles. The molecule has 1 aromatic heterocycles. The van der Waals surface area contributed by atoms with E-state index < -0.39 is 5.97 Å². The first-order valence-electron chi connectivity index (χ1n) is 11.9. The second-order valence-electron chi connectivity index (χ2n) is 9.94. The molecule has 0 aliphatic rings. The van der Waals surface area contributed by atoms with Crippen LogP contribution in [0.4, 0.5) is 0 Å². The molecule has 33 heavy (non-hydrogen) atoms. The van der Waals surface area contributed by atoms with E-state index in [0.717, 1.165) is 22.5 Å². The molecular weight excluding hydrogens is 410 g/mol. The van der Waals surface area contributed by atoms with Crippen LogP contribution in [0.5, 0.6) is 0 Å². The lowest BCUT2D eigenvalue weighted by Crippen LogP contribution is -2.42. The quantitative estimate of drug-likeness (QED) is 0.309. The number of methoxy groups -OCH3 is 1. The lowest BCUT2D eigenvalue weighted by molar-refractivity contribution is -0.664. The van der Waals surface area contributed by atoms with Crippen LogP contribution in [-0.4, -0.2) is 23.0 Å². The van der Waals surface area contributed by atoms with Gasteiger partial charge in [-0.05, 0) is 23.7 Å². The van der Waals surface area contributed by atoms with E-state index in [2.05, 4.69) is 91.8 Å². The highest BCUT2D eigenvalue weighted by Crippen LogP contribution is 2.32. The first kappa shape index (κ1) is 24.7. The van der Waals surface area contributed by atoms with Crippen LogP contribution >= 0.6 is 0 Å². The number of ether oxygens (including phenoxy) is 1. The third-order valence-electron chi connectivity index (χ3n) is 6.18. The van der Waals surface area contributed by atoms with Gasteiger partial charge < -0.3 is 4.74 Å². The first-order valence-corrected chi connectivity index (χ1v) is 11.9. The van der Waals surface area contributed by atoms with Gasteiger partial charge in [0.2, 0.25) is 0 Å². The van der Waals surface area contributed by atoms with E-state index in [9.17, 15) is 4.79 Å². The van der Waals surface area contributed by atoms with Crippen LogP contribution in [0.1, 0.15) is 112 Å². The van der Waals surface area contributed by atoms with Gasteiger partial charge in [-0.25, -0.2) is 4.79 Å². The molecular formula is C28H38N3O2+. The van der Waals surface area contributed by atoms with Gasteiger partial charge in [0.15, 0.2) is 17.6 Å². The third kappa shape index (κ3) is 4.73. The van der Waals surface area contributed by atoms with Crippen molar-refractivity contribution in [2.24, 2.45) is 0 Å². The van der Waals surface area contributed by atoms with Crippen molar-refractivity contribution in [1.29, 1.82) is 0 Å². The molecule has 0 radical (unpaired) electrons. The Kier molecular flexibility index (Phi) is 7.41. The Hall–Kier alpha value is -2.95. The molecule has 0 bridgehead atoms. The molecule has 2 aromatic carbocycles. The van der Waals surface area contributed by atoms with Gasteiger partial charge in [-0.1, -0.05) is 96.5 Å². The Morgan fingerprint density at radius 2 is 1.21 bits per heavy atom. The molecule has 5 nitrogen and oxygen atoms in total. The summed E-state index contributed by atoms with van der Waals surface area (Å²) >= 11 is 0. The summed E-state index contributed by atoms with van der Waals surface area (Å²) < 4.78 is 8.85. The van der Waals surface area contributed by atoms with Gasteiger partial charge in [0.25, 0.3) is 5.69 Å². The molecule has 0 atom stereocenters. The number of para-hydroxylation sites is 2. The Bertz CT molecular complexity index is 1090. The molecule has 176 valence electrons. The minimum atomic E-state index is -0.400. The van der Waals surface area contributed by atoms with E-state index >= 15 is 0 Å². The third-order valence-corrected chi connectivity index (χ3v) is 6.18. The van der Waals surface area contributed by atoms with Gasteiger partial charge in [-0.2, -0.15) is 0 Å². The van der Waals surface area contributed by atoms with Crippen molar-refractivity contribution in [3.8, 4) is 11.4 Å². The Morgan fingerprint density at radius 3 is 1.61 bits per heavy atom. The first-order chi connectivity index (χ1) is 15.6. The van der Waals surface area contributed by atoms with Gasteiger partial charge in [-0.15, -0.1) is 4.68 Å². The van der Waals surface area contributed by atoms with E-state index in [0.29, 0.717) is 17.5 Å². The average molecular weight is 449 g/mol. The largest absolute Gasteiger partial charge is 0.463 e. The highest BCUT2D eigenvalue weighted by atomic mass is 16.5. The van der Waals surface area contributed by atoms with E-state index in [1.807, 2.05) is 10.9 Å². The highest BCUT2D eigenvalue weighted by Gasteiger charge is 2.32. The zero-order valence-corrected chi connectivity index (χ0v) is 21.5. The van der Waals surface area contributed by atoms with Gasteiger partial charge in [0.1, 0.15) is 5.21 Å². The number of hydrogen-bond donors (Lipinski definition) is 0. The number of esters is 1. The summed E-state index contributed by atoms with van der Waals surface area (Å²) in [6, 6.07) is 12.8. The predicted molar refractivity (Wildman–Crippen MR) is 133 cm³/mol. The molecule has 0 saturated carbocycles. The molecule has 0 saturated heterocycles. The van der Waals surface area contributed by atoms with Crippen LogP contribution < -0.4 is 4.68 Å². The summed E-state index contributed by atoms with van der Waals surface area (Å²) in [7, 11) is 1.42. The monoisotopic (exact) mass is 448 g/mol. The zero-order chi connectivity index (χ0) is 24.4. The molecule has 5 heteroatoms. The van der Waals surface area contributed by atoms with Crippen LogP contribution in [0.15, 0.2) is 42.6 Å². The molecule has 1 heterocycles. The van der Waals surface area contributed by atoms with Gasteiger partial charge in [0, 0.05) is 22.3 Å². The number of carbonyl (C=O) groups excluding carboxylic acids is 1. The molecule has 3 aromatic rings. The summed E-state index contributed by atoms with van der Waals surface area (Å²) in [5, 5.41) is 5.02. The van der Waals surface area contributed by atoms with Crippen molar-refractivity contribution in [3.63, 3.8) is 0 Å². The highest BCUT2D eigenvalue weighted by molar-refractivity contribution is 5.85. The Morgan fingerprint density at radius 1 is 0.788 bits per heavy atom. The maximum atomic E-state index is 13.0. The van der Waals surface area contributed by atoms with Gasteiger partial charge in [0.05, 0.1) is 7.11 Å². The van der Waals surface area contributed by atoms with Crippen LogP contribution in [0.3, 0.4) is 0 Å². The van der Waals surface area contributed by atoms with Crippen LogP contribution in [-0.2, 0) is 4.74 Å². The lowest BCUT2D eigenvalue weighted by Gasteiger charge is -2.16. The zero-order valence-electron chi connectivity index (χ0n) is 21.5. The molecule has 0 fully saturated rings. The lowest BCUT2D eigenvalue weighted by atomic mass is 9.92. The number of hydrogen-bond acceptors (Lipinski definition) is 3. The second kappa shape index (κ2) is 9.90. The maximum Gasteiger partial charge on any atom is 0.384 e. The van der Waals surface area contributed by atoms with Crippen LogP contribution in [0, 0.1) is 0 Å². The maximum absolute atomic E-state index is 13.0. The fourth-order valence-electron chi connectivity index (χ4n) is 4.39.